The maximum Gasteiger partial charge on any atom is 0.146 e. The highest BCUT2D eigenvalue weighted by molar-refractivity contribution is 5.81. The molecule has 0 radical (unpaired) electrons. The zero-order valence-electron chi connectivity index (χ0n) is 7.46. The lowest BCUT2D eigenvalue weighted by Gasteiger charge is -1.95. The number of aldehydes is 1. The van der Waals surface area contributed by atoms with Gasteiger partial charge in [0.2, 0.25) is 0 Å². The molecule has 2 heteroatoms. The van der Waals surface area contributed by atoms with Crippen LogP contribution in [0.1, 0.15) is 18.9 Å². The van der Waals surface area contributed by atoms with Gasteiger partial charge in [0.1, 0.15) is 12.1 Å². The van der Waals surface area contributed by atoms with E-state index in [1.54, 1.807) is 18.2 Å². The second-order valence-corrected chi connectivity index (χ2v) is 2.74. The van der Waals surface area contributed by atoms with Gasteiger partial charge in [-0.05, 0) is 35.8 Å². The van der Waals surface area contributed by atoms with Gasteiger partial charge in [0.05, 0.1) is 0 Å². The standard InChI is InChI=1S/C11H11FO/c1-2-9(8-13)7-10-3-5-11(12)6-4-10/h3-8H,2H2,1H3. The van der Waals surface area contributed by atoms with Crippen LogP contribution < -0.4 is 0 Å². The number of carbonyl (C=O) groups excluding carboxylic acids is 1. The molecule has 0 saturated heterocycles. The van der Waals surface area contributed by atoms with Crippen molar-refractivity contribution in [2.45, 2.75) is 13.3 Å². The van der Waals surface area contributed by atoms with Crippen LogP contribution in [0.3, 0.4) is 0 Å². The highest BCUT2D eigenvalue weighted by Crippen LogP contribution is 2.08. The molecule has 68 valence electrons. The molecule has 0 unspecified atom stereocenters. The highest BCUT2D eigenvalue weighted by atomic mass is 19.1. The second-order valence-electron chi connectivity index (χ2n) is 2.74. The maximum absolute atomic E-state index is 12.5. The van der Waals surface area contributed by atoms with Crippen molar-refractivity contribution in [3.63, 3.8) is 0 Å². The van der Waals surface area contributed by atoms with Crippen molar-refractivity contribution in [2.75, 3.05) is 0 Å². The summed E-state index contributed by atoms with van der Waals surface area (Å²) in [4.78, 5) is 10.5. The van der Waals surface area contributed by atoms with Crippen molar-refractivity contribution in [3.05, 3.63) is 41.2 Å². The fraction of sp³-hybridized carbons (Fsp3) is 0.182. The summed E-state index contributed by atoms with van der Waals surface area (Å²) < 4.78 is 12.5. The third-order valence-corrected chi connectivity index (χ3v) is 1.78. The Bertz CT molecular complexity index is 311. The average Bonchev–Trinajstić information content (AvgIpc) is 2.17. The minimum Gasteiger partial charge on any atom is -0.298 e. The first-order valence-corrected chi connectivity index (χ1v) is 4.17. The van der Waals surface area contributed by atoms with Gasteiger partial charge in [-0.25, -0.2) is 4.39 Å². The van der Waals surface area contributed by atoms with Gasteiger partial charge in [0, 0.05) is 0 Å². The molecule has 0 aliphatic rings. The molecular weight excluding hydrogens is 167 g/mol. The lowest BCUT2D eigenvalue weighted by molar-refractivity contribution is -0.104. The zero-order valence-corrected chi connectivity index (χ0v) is 7.46. The molecule has 0 N–H and O–H groups in total. The Kier molecular flexibility index (Phi) is 3.38. The van der Waals surface area contributed by atoms with Gasteiger partial charge in [0.25, 0.3) is 0 Å². The first-order chi connectivity index (χ1) is 6.26. The molecule has 0 aliphatic heterocycles. The highest BCUT2D eigenvalue weighted by Gasteiger charge is 1.93. The Morgan fingerprint density at radius 1 is 1.38 bits per heavy atom. The van der Waals surface area contributed by atoms with Crippen molar-refractivity contribution >= 4 is 12.4 Å². The molecule has 0 heterocycles. The van der Waals surface area contributed by atoms with Gasteiger partial charge in [0.15, 0.2) is 0 Å². The van der Waals surface area contributed by atoms with Crippen molar-refractivity contribution in [2.24, 2.45) is 0 Å². The van der Waals surface area contributed by atoms with E-state index in [4.69, 9.17) is 0 Å². The van der Waals surface area contributed by atoms with E-state index in [9.17, 15) is 9.18 Å². The van der Waals surface area contributed by atoms with E-state index in [1.165, 1.54) is 12.1 Å². The van der Waals surface area contributed by atoms with Crippen LogP contribution in [0.5, 0.6) is 0 Å². The number of halogens is 1. The Morgan fingerprint density at radius 3 is 2.46 bits per heavy atom. The molecule has 0 aliphatic carbocycles. The molecule has 0 amide bonds. The molecule has 0 fully saturated rings. The molecule has 0 saturated carbocycles. The lowest BCUT2D eigenvalue weighted by Crippen LogP contribution is -1.82. The summed E-state index contributed by atoms with van der Waals surface area (Å²) in [5.74, 6) is -0.263. The molecule has 13 heavy (non-hydrogen) atoms. The first kappa shape index (κ1) is 9.65. The predicted octanol–water partition coefficient (Wildman–Crippen LogP) is 2.82. The molecule has 1 aromatic carbocycles. The smallest absolute Gasteiger partial charge is 0.146 e. The first-order valence-electron chi connectivity index (χ1n) is 4.17. The van der Waals surface area contributed by atoms with E-state index >= 15 is 0 Å². The SMILES string of the molecule is CCC(C=O)=Cc1ccc(F)cc1. The van der Waals surface area contributed by atoms with Crippen molar-refractivity contribution < 1.29 is 9.18 Å². The molecule has 0 atom stereocenters. The fourth-order valence-electron chi connectivity index (χ4n) is 0.992. The monoisotopic (exact) mass is 178 g/mol. The van der Waals surface area contributed by atoms with Crippen molar-refractivity contribution in [3.8, 4) is 0 Å². The summed E-state index contributed by atoms with van der Waals surface area (Å²) in [6, 6.07) is 6.05. The Balaban J connectivity index is 2.90. The number of benzene rings is 1. The predicted molar refractivity (Wildman–Crippen MR) is 50.7 cm³/mol. The summed E-state index contributed by atoms with van der Waals surface area (Å²) in [6.07, 6.45) is 3.27. The van der Waals surface area contributed by atoms with E-state index < -0.39 is 0 Å². The van der Waals surface area contributed by atoms with Gasteiger partial charge in [-0.15, -0.1) is 0 Å². The quantitative estimate of drug-likeness (QED) is 0.513. The molecule has 1 nitrogen and oxygen atoms in total. The number of allylic oxidation sites excluding steroid dienone is 1. The van der Waals surface area contributed by atoms with Crippen LogP contribution >= 0.6 is 0 Å². The summed E-state index contributed by atoms with van der Waals surface area (Å²) in [5, 5.41) is 0. The van der Waals surface area contributed by atoms with Crippen LogP contribution in [0.15, 0.2) is 29.8 Å². The Labute approximate surface area is 76.9 Å². The number of carbonyl (C=O) groups is 1. The summed E-state index contributed by atoms with van der Waals surface area (Å²) in [7, 11) is 0. The Morgan fingerprint density at radius 2 is 2.00 bits per heavy atom. The van der Waals surface area contributed by atoms with E-state index in [0.29, 0.717) is 12.0 Å². The van der Waals surface area contributed by atoms with Crippen LogP contribution in [-0.2, 0) is 4.79 Å². The number of rotatable bonds is 3. The maximum atomic E-state index is 12.5. The molecule has 0 spiro atoms. The molecule has 0 bridgehead atoms. The summed E-state index contributed by atoms with van der Waals surface area (Å²) in [5.41, 5.74) is 1.57. The third-order valence-electron chi connectivity index (χ3n) is 1.78. The lowest BCUT2D eigenvalue weighted by atomic mass is 10.1. The number of hydrogen-bond donors (Lipinski definition) is 0. The van der Waals surface area contributed by atoms with E-state index in [0.717, 1.165) is 11.8 Å². The van der Waals surface area contributed by atoms with Crippen LogP contribution in [0.2, 0.25) is 0 Å². The molecular formula is C11H11FO. The van der Waals surface area contributed by atoms with E-state index in [2.05, 4.69) is 0 Å². The molecule has 1 aromatic rings. The Hall–Kier alpha value is -1.44. The second kappa shape index (κ2) is 4.55. The van der Waals surface area contributed by atoms with Crippen LogP contribution in [0.25, 0.3) is 6.08 Å². The molecule has 0 aromatic heterocycles. The minimum atomic E-state index is -0.263. The van der Waals surface area contributed by atoms with Crippen LogP contribution in [0.4, 0.5) is 4.39 Å². The van der Waals surface area contributed by atoms with Gasteiger partial charge >= 0.3 is 0 Å². The zero-order chi connectivity index (χ0) is 9.68. The topological polar surface area (TPSA) is 17.1 Å². The van der Waals surface area contributed by atoms with Crippen molar-refractivity contribution in [1.82, 2.24) is 0 Å². The van der Waals surface area contributed by atoms with Crippen molar-refractivity contribution in [1.29, 1.82) is 0 Å². The minimum absolute atomic E-state index is 0.263. The summed E-state index contributed by atoms with van der Waals surface area (Å²) in [6.45, 7) is 1.91. The van der Waals surface area contributed by atoms with Crippen LogP contribution in [0, 0.1) is 5.82 Å². The van der Waals surface area contributed by atoms with Gasteiger partial charge in [-0.3, -0.25) is 4.79 Å². The fourth-order valence-corrected chi connectivity index (χ4v) is 0.992. The molecule has 1 rings (SSSR count). The normalized spacial score (nSPS) is 11.4. The van der Waals surface area contributed by atoms with E-state index in [-0.39, 0.29) is 5.82 Å². The number of hydrogen-bond acceptors (Lipinski definition) is 1. The van der Waals surface area contributed by atoms with Gasteiger partial charge in [-0.2, -0.15) is 0 Å². The van der Waals surface area contributed by atoms with E-state index in [1.807, 2.05) is 6.92 Å². The van der Waals surface area contributed by atoms with Crippen LogP contribution in [-0.4, -0.2) is 6.29 Å². The summed E-state index contributed by atoms with van der Waals surface area (Å²) >= 11 is 0. The van der Waals surface area contributed by atoms with Gasteiger partial charge < -0.3 is 0 Å². The average molecular weight is 178 g/mol. The van der Waals surface area contributed by atoms with Gasteiger partial charge in [-0.1, -0.05) is 19.1 Å². The largest absolute Gasteiger partial charge is 0.298 e. The third kappa shape index (κ3) is 2.82.